The summed E-state index contributed by atoms with van der Waals surface area (Å²) >= 11 is 0. The maximum atomic E-state index is 8.96. The Balaban J connectivity index is 2.17. The Labute approximate surface area is 147 Å². The molecular weight excluding hydrogens is 296 g/mol. The largest absolute Gasteiger partial charge is 0.392 e. The average Bonchev–Trinajstić information content (AvgIpc) is 2.59. The maximum absolute atomic E-state index is 8.96. The van der Waals surface area contributed by atoms with Crippen LogP contribution in [0, 0.1) is 0 Å². The van der Waals surface area contributed by atoms with Crippen LogP contribution < -0.4 is 0 Å². The van der Waals surface area contributed by atoms with E-state index in [2.05, 4.69) is 44.2 Å². The van der Waals surface area contributed by atoms with E-state index in [1.807, 2.05) is 25.1 Å². The Morgan fingerprint density at radius 2 is 1.46 bits per heavy atom. The van der Waals surface area contributed by atoms with Gasteiger partial charge in [0.05, 0.1) is 19.8 Å². The Morgan fingerprint density at radius 3 is 2.08 bits per heavy atom. The van der Waals surface area contributed by atoms with Crippen LogP contribution >= 0.6 is 0 Å². The number of rotatable bonds is 11. The molecule has 0 aliphatic rings. The molecule has 0 spiro atoms. The first-order valence-corrected chi connectivity index (χ1v) is 8.81. The zero-order chi connectivity index (χ0) is 17.6. The lowest BCUT2D eigenvalue weighted by Crippen LogP contribution is -1.93. The van der Waals surface area contributed by atoms with Crippen LogP contribution in [0.5, 0.6) is 0 Å². The minimum atomic E-state index is 0.166. The van der Waals surface area contributed by atoms with Gasteiger partial charge in [-0.25, -0.2) is 0 Å². The minimum absolute atomic E-state index is 0.166. The smallest absolute Gasteiger partial charge is 0.0721 e. The van der Waals surface area contributed by atoms with Gasteiger partial charge in [0.15, 0.2) is 0 Å². The van der Waals surface area contributed by atoms with E-state index in [1.54, 1.807) is 0 Å². The van der Waals surface area contributed by atoms with Gasteiger partial charge in [0.25, 0.3) is 0 Å². The summed E-state index contributed by atoms with van der Waals surface area (Å²) in [7, 11) is 0. The number of ether oxygens (including phenoxy) is 1. The molecule has 0 heterocycles. The van der Waals surface area contributed by atoms with Crippen LogP contribution in [0.4, 0.5) is 0 Å². The summed E-state index contributed by atoms with van der Waals surface area (Å²) in [5, 5.41) is 8.96. The lowest BCUT2D eigenvalue weighted by Gasteiger charge is -2.04. The van der Waals surface area contributed by atoms with Crippen molar-refractivity contribution in [1.82, 2.24) is 0 Å². The molecule has 0 amide bonds. The molecule has 1 aromatic rings. The topological polar surface area (TPSA) is 29.5 Å². The molecule has 0 aromatic heterocycles. The van der Waals surface area contributed by atoms with Gasteiger partial charge in [0.2, 0.25) is 0 Å². The monoisotopic (exact) mass is 328 g/mol. The molecule has 0 saturated carbocycles. The summed E-state index contributed by atoms with van der Waals surface area (Å²) < 4.78 is 5.69. The van der Waals surface area contributed by atoms with Gasteiger partial charge in [0.1, 0.15) is 0 Å². The van der Waals surface area contributed by atoms with Crippen molar-refractivity contribution in [2.75, 3.05) is 13.2 Å². The molecule has 0 aliphatic carbocycles. The Kier molecular flexibility index (Phi) is 10.8. The molecule has 2 nitrogen and oxygen atoms in total. The highest BCUT2D eigenvalue weighted by molar-refractivity contribution is 5.13. The Morgan fingerprint density at radius 1 is 0.875 bits per heavy atom. The molecule has 1 N–H and O–H groups in total. The zero-order valence-electron chi connectivity index (χ0n) is 15.4. The van der Waals surface area contributed by atoms with E-state index in [0.717, 1.165) is 31.3 Å². The van der Waals surface area contributed by atoms with Crippen LogP contribution in [-0.2, 0) is 11.3 Å². The van der Waals surface area contributed by atoms with Gasteiger partial charge >= 0.3 is 0 Å². The van der Waals surface area contributed by atoms with E-state index >= 15 is 0 Å². The lowest BCUT2D eigenvalue weighted by molar-refractivity contribution is 0.148. The second-order valence-electron chi connectivity index (χ2n) is 6.39. The van der Waals surface area contributed by atoms with Gasteiger partial charge in [-0.15, -0.1) is 0 Å². The van der Waals surface area contributed by atoms with Gasteiger partial charge in [-0.3, -0.25) is 0 Å². The summed E-state index contributed by atoms with van der Waals surface area (Å²) in [5.41, 5.74) is 5.07. The summed E-state index contributed by atoms with van der Waals surface area (Å²) in [5.74, 6) is 0. The van der Waals surface area contributed by atoms with Crippen LogP contribution in [-0.4, -0.2) is 18.3 Å². The van der Waals surface area contributed by atoms with Crippen LogP contribution in [0.1, 0.15) is 52.0 Å². The van der Waals surface area contributed by atoms with Gasteiger partial charge < -0.3 is 9.84 Å². The fraction of sp³-hybridized carbons (Fsp3) is 0.455. The molecule has 0 unspecified atom stereocenters. The predicted octanol–water partition coefficient (Wildman–Crippen LogP) is 5.59. The van der Waals surface area contributed by atoms with Crippen LogP contribution in [0.15, 0.2) is 65.3 Å². The highest BCUT2D eigenvalue weighted by Gasteiger charge is 1.94. The van der Waals surface area contributed by atoms with E-state index in [4.69, 9.17) is 9.84 Å². The highest BCUT2D eigenvalue weighted by Crippen LogP contribution is 2.11. The second kappa shape index (κ2) is 12.7. The quantitative estimate of drug-likeness (QED) is 0.423. The minimum Gasteiger partial charge on any atom is -0.392 e. The number of benzene rings is 1. The molecule has 132 valence electrons. The summed E-state index contributed by atoms with van der Waals surface area (Å²) in [6, 6.07) is 10.3. The average molecular weight is 328 g/mol. The number of hydrogen-bond donors (Lipinski definition) is 1. The van der Waals surface area contributed by atoms with E-state index in [9.17, 15) is 0 Å². The van der Waals surface area contributed by atoms with Crippen molar-refractivity contribution in [2.45, 2.75) is 53.1 Å². The fourth-order valence-electron chi connectivity index (χ4n) is 2.31. The third-order valence-corrected chi connectivity index (χ3v) is 3.97. The first-order chi connectivity index (χ1) is 11.6. The molecule has 0 radical (unpaired) electrons. The lowest BCUT2D eigenvalue weighted by atomic mass is 10.1. The van der Waals surface area contributed by atoms with Crippen molar-refractivity contribution in [2.24, 2.45) is 0 Å². The van der Waals surface area contributed by atoms with E-state index in [-0.39, 0.29) is 6.61 Å². The van der Waals surface area contributed by atoms with Gasteiger partial charge in [-0.2, -0.15) is 0 Å². The molecule has 0 atom stereocenters. The molecule has 24 heavy (non-hydrogen) atoms. The van der Waals surface area contributed by atoms with Crippen molar-refractivity contribution in [3.63, 3.8) is 0 Å². The van der Waals surface area contributed by atoms with Crippen molar-refractivity contribution in [3.05, 3.63) is 70.8 Å². The van der Waals surface area contributed by atoms with Crippen LogP contribution in [0.25, 0.3) is 0 Å². The summed E-state index contributed by atoms with van der Waals surface area (Å²) in [4.78, 5) is 0. The first kappa shape index (κ1) is 20.4. The van der Waals surface area contributed by atoms with Crippen molar-refractivity contribution >= 4 is 0 Å². The van der Waals surface area contributed by atoms with Crippen molar-refractivity contribution < 1.29 is 9.84 Å². The van der Waals surface area contributed by atoms with E-state index < -0.39 is 0 Å². The Bertz CT molecular complexity index is 538. The van der Waals surface area contributed by atoms with E-state index in [0.29, 0.717) is 13.2 Å². The second-order valence-corrected chi connectivity index (χ2v) is 6.39. The van der Waals surface area contributed by atoms with Crippen LogP contribution in [0.2, 0.25) is 0 Å². The van der Waals surface area contributed by atoms with Gasteiger partial charge in [-0.1, -0.05) is 65.3 Å². The fourth-order valence-corrected chi connectivity index (χ4v) is 2.31. The number of allylic oxidation sites excluding steroid dienone is 4. The molecule has 0 fully saturated rings. The molecule has 2 heteroatoms. The SMILES string of the molecule is C/C(=C\CC/C(C)=C/CC/C(C)=C/COCc1ccccc1)CO. The van der Waals surface area contributed by atoms with Gasteiger partial charge in [-0.05, 0) is 52.0 Å². The molecule has 1 aromatic carbocycles. The van der Waals surface area contributed by atoms with E-state index in [1.165, 1.54) is 16.7 Å². The molecule has 1 rings (SSSR count). The third kappa shape index (κ3) is 10.2. The maximum Gasteiger partial charge on any atom is 0.0721 e. The first-order valence-electron chi connectivity index (χ1n) is 8.81. The third-order valence-electron chi connectivity index (χ3n) is 3.97. The number of hydrogen-bond acceptors (Lipinski definition) is 2. The molecule has 0 aliphatic heterocycles. The van der Waals surface area contributed by atoms with Crippen molar-refractivity contribution in [1.29, 1.82) is 0 Å². The Hall–Kier alpha value is -1.64. The predicted molar refractivity (Wildman–Crippen MR) is 103 cm³/mol. The summed E-state index contributed by atoms with van der Waals surface area (Å²) in [6.45, 7) is 7.83. The number of aliphatic hydroxyl groups is 1. The van der Waals surface area contributed by atoms with Crippen LogP contribution in [0.3, 0.4) is 0 Å². The van der Waals surface area contributed by atoms with Gasteiger partial charge in [0, 0.05) is 0 Å². The standard InChI is InChI=1S/C22H32O2/c1-19(10-8-12-21(3)17-23)9-7-11-20(2)15-16-24-18-22-13-5-4-6-14-22/h4-6,9,12-15,23H,7-8,10-11,16-18H2,1-3H3/b19-9+,20-15+,21-12+. The molecule has 0 saturated heterocycles. The normalized spacial score (nSPS) is 13.4. The molecule has 0 bridgehead atoms. The summed E-state index contributed by atoms with van der Waals surface area (Å²) in [6.07, 6.45) is 10.9. The zero-order valence-corrected chi connectivity index (χ0v) is 15.4. The molecular formula is C22H32O2. The number of aliphatic hydroxyl groups excluding tert-OH is 1. The highest BCUT2D eigenvalue weighted by atomic mass is 16.5. The van der Waals surface area contributed by atoms with Crippen molar-refractivity contribution in [3.8, 4) is 0 Å².